The van der Waals surface area contributed by atoms with Gasteiger partial charge in [-0.1, -0.05) is 24.3 Å². The minimum Gasteiger partial charge on any atom is -0.507 e. The van der Waals surface area contributed by atoms with E-state index in [1.54, 1.807) is 6.07 Å². The molecule has 0 saturated carbocycles. The van der Waals surface area contributed by atoms with Gasteiger partial charge in [0, 0.05) is 28.4 Å². The van der Waals surface area contributed by atoms with Crippen LogP contribution in [-0.2, 0) is 0 Å². The Bertz CT molecular complexity index is 508. The van der Waals surface area contributed by atoms with Gasteiger partial charge in [-0.05, 0) is 28.7 Å². The molecule has 78 valence electrons. The number of aromatic hydroxyl groups is 1. The summed E-state index contributed by atoms with van der Waals surface area (Å²) in [6, 6.07) is 9.71. The van der Waals surface area contributed by atoms with Crippen molar-refractivity contribution in [2.45, 2.75) is 0 Å². The number of fused-ring (bicyclic) bond motifs is 1. The van der Waals surface area contributed by atoms with Crippen molar-refractivity contribution in [3.63, 3.8) is 0 Å². The van der Waals surface area contributed by atoms with Gasteiger partial charge in [-0.25, -0.2) is 0 Å². The maximum absolute atomic E-state index is 9.83. The second-order valence-electron chi connectivity index (χ2n) is 3.67. The van der Waals surface area contributed by atoms with Gasteiger partial charge in [-0.15, -0.1) is 0 Å². The van der Waals surface area contributed by atoms with Crippen LogP contribution in [0.4, 0.5) is 5.69 Å². The lowest BCUT2D eigenvalue weighted by molar-refractivity contribution is 0.481. The van der Waals surface area contributed by atoms with Crippen molar-refractivity contribution in [1.29, 1.82) is 0 Å². The van der Waals surface area contributed by atoms with E-state index in [2.05, 4.69) is 27.5 Å². The molecule has 0 fully saturated rings. The van der Waals surface area contributed by atoms with E-state index in [4.69, 9.17) is 0 Å². The van der Waals surface area contributed by atoms with Crippen molar-refractivity contribution >= 4 is 39.1 Å². The third kappa shape index (κ3) is 1.76. The average Bonchev–Trinajstić information content (AvgIpc) is 2.17. The van der Waals surface area contributed by atoms with Crippen LogP contribution in [0.1, 0.15) is 0 Å². The highest BCUT2D eigenvalue weighted by molar-refractivity contribution is 14.1. The van der Waals surface area contributed by atoms with Crippen LogP contribution >= 0.6 is 22.6 Å². The van der Waals surface area contributed by atoms with E-state index in [-0.39, 0.29) is 0 Å². The summed E-state index contributed by atoms with van der Waals surface area (Å²) in [5.41, 5.74) is 1.16. The minimum atomic E-state index is 0.348. The Balaban J connectivity index is 2.90. The van der Waals surface area contributed by atoms with Crippen molar-refractivity contribution in [1.82, 2.24) is 0 Å². The normalized spacial score (nSPS) is 10.6. The molecule has 0 heterocycles. The lowest BCUT2D eigenvalue weighted by Crippen LogP contribution is -2.10. The van der Waals surface area contributed by atoms with Crippen LogP contribution in [0, 0.1) is 3.57 Å². The molecular weight excluding hydrogens is 301 g/mol. The van der Waals surface area contributed by atoms with Crippen molar-refractivity contribution in [3.8, 4) is 5.75 Å². The fraction of sp³-hybridized carbons (Fsp3) is 0.167. The summed E-state index contributed by atoms with van der Waals surface area (Å²) in [5.74, 6) is 0.348. The third-order valence-electron chi connectivity index (χ3n) is 2.40. The molecule has 2 aromatic rings. The molecule has 0 bridgehead atoms. The minimum absolute atomic E-state index is 0.348. The molecule has 0 atom stereocenters. The number of anilines is 1. The van der Waals surface area contributed by atoms with Gasteiger partial charge in [-0.2, -0.15) is 0 Å². The largest absolute Gasteiger partial charge is 0.507 e. The zero-order valence-electron chi connectivity index (χ0n) is 8.66. The topological polar surface area (TPSA) is 23.5 Å². The predicted octanol–water partition coefficient (Wildman–Crippen LogP) is 3.22. The van der Waals surface area contributed by atoms with Gasteiger partial charge in [0.15, 0.2) is 0 Å². The molecule has 0 aliphatic rings. The van der Waals surface area contributed by atoms with Crippen LogP contribution < -0.4 is 4.90 Å². The summed E-state index contributed by atoms with van der Waals surface area (Å²) < 4.78 is 1.06. The van der Waals surface area contributed by atoms with Crippen LogP contribution in [0.2, 0.25) is 0 Å². The van der Waals surface area contributed by atoms with E-state index in [0.717, 1.165) is 20.0 Å². The molecule has 2 aromatic carbocycles. The number of benzene rings is 2. The molecule has 0 saturated heterocycles. The number of nitrogens with zero attached hydrogens (tertiary/aromatic N) is 1. The van der Waals surface area contributed by atoms with E-state index in [9.17, 15) is 5.11 Å². The molecule has 0 aliphatic heterocycles. The monoisotopic (exact) mass is 313 g/mol. The molecule has 0 radical (unpaired) electrons. The zero-order chi connectivity index (χ0) is 11.0. The van der Waals surface area contributed by atoms with E-state index < -0.39 is 0 Å². The highest BCUT2D eigenvalue weighted by Crippen LogP contribution is 2.36. The van der Waals surface area contributed by atoms with Crippen LogP contribution in [0.15, 0.2) is 30.3 Å². The zero-order valence-corrected chi connectivity index (χ0v) is 10.8. The molecule has 0 aliphatic carbocycles. The second-order valence-corrected chi connectivity index (χ2v) is 4.83. The molecular formula is C12H12INO. The lowest BCUT2D eigenvalue weighted by Gasteiger charge is -2.18. The summed E-state index contributed by atoms with van der Waals surface area (Å²) in [5, 5.41) is 11.8. The van der Waals surface area contributed by atoms with Crippen LogP contribution in [0.25, 0.3) is 10.8 Å². The highest BCUT2D eigenvalue weighted by atomic mass is 127. The number of rotatable bonds is 1. The van der Waals surface area contributed by atoms with Crippen molar-refractivity contribution in [3.05, 3.63) is 33.9 Å². The first kappa shape index (κ1) is 10.5. The number of halogens is 1. The highest BCUT2D eigenvalue weighted by Gasteiger charge is 2.10. The average molecular weight is 313 g/mol. The van der Waals surface area contributed by atoms with Gasteiger partial charge in [0.25, 0.3) is 0 Å². The maximum atomic E-state index is 9.83. The fourth-order valence-electron chi connectivity index (χ4n) is 1.76. The SMILES string of the molecule is CN(C)c1c(I)cc(O)c2ccccc12. The Morgan fingerprint density at radius 3 is 2.33 bits per heavy atom. The number of phenols is 1. The molecule has 0 unspecified atom stereocenters. The summed E-state index contributed by atoms with van der Waals surface area (Å²) in [6.07, 6.45) is 0. The van der Waals surface area contributed by atoms with Gasteiger partial charge in [-0.3, -0.25) is 0 Å². The predicted molar refractivity (Wildman–Crippen MR) is 72.7 cm³/mol. The Labute approximate surface area is 103 Å². The first-order chi connectivity index (χ1) is 7.11. The molecule has 0 amide bonds. The van der Waals surface area contributed by atoms with E-state index in [1.807, 2.05) is 38.4 Å². The Hall–Kier alpha value is -0.970. The Kier molecular flexibility index (Phi) is 2.73. The summed E-state index contributed by atoms with van der Waals surface area (Å²) in [6.45, 7) is 0. The van der Waals surface area contributed by atoms with Crippen LogP contribution in [0.5, 0.6) is 5.75 Å². The summed E-state index contributed by atoms with van der Waals surface area (Å²) in [7, 11) is 4.03. The molecule has 0 spiro atoms. The molecule has 2 nitrogen and oxygen atoms in total. The number of hydrogen-bond donors (Lipinski definition) is 1. The lowest BCUT2D eigenvalue weighted by atomic mass is 10.1. The Morgan fingerprint density at radius 1 is 1.13 bits per heavy atom. The molecule has 0 aromatic heterocycles. The van der Waals surface area contributed by atoms with Crippen molar-refractivity contribution in [2.24, 2.45) is 0 Å². The molecule has 2 rings (SSSR count). The van der Waals surface area contributed by atoms with E-state index in [1.165, 1.54) is 0 Å². The van der Waals surface area contributed by atoms with Gasteiger partial charge < -0.3 is 10.0 Å². The van der Waals surface area contributed by atoms with Crippen LogP contribution in [0.3, 0.4) is 0 Å². The fourth-order valence-corrected chi connectivity index (χ4v) is 2.83. The van der Waals surface area contributed by atoms with Gasteiger partial charge >= 0.3 is 0 Å². The van der Waals surface area contributed by atoms with Crippen LogP contribution in [-0.4, -0.2) is 19.2 Å². The number of phenolic OH excluding ortho intramolecular Hbond substituents is 1. The van der Waals surface area contributed by atoms with Gasteiger partial charge in [0.2, 0.25) is 0 Å². The maximum Gasteiger partial charge on any atom is 0.124 e. The van der Waals surface area contributed by atoms with E-state index >= 15 is 0 Å². The first-order valence-corrected chi connectivity index (χ1v) is 5.76. The van der Waals surface area contributed by atoms with Crippen molar-refractivity contribution < 1.29 is 5.11 Å². The quantitative estimate of drug-likeness (QED) is 0.817. The molecule has 1 N–H and O–H groups in total. The standard InChI is InChI=1S/C12H12INO/c1-14(2)12-9-6-4-3-5-8(9)11(15)7-10(12)13/h3-7,15H,1-2H3. The number of hydrogen-bond acceptors (Lipinski definition) is 2. The van der Waals surface area contributed by atoms with Crippen molar-refractivity contribution in [2.75, 3.05) is 19.0 Å². The summed E-state index contributed by atoms with van der Waals surface area (Å²) in [4.78, 5) is 2.07. The molecule has 3 heteroatoms. The molecule has 15 heavy (non-hydrogen) atoms. The first-order valence-electron chi connectivity index (χ1n) is 4.69. The Morgan fingerprint density at radius 2 is 1.73 bits per heavy atom. The van der Waals surface area contributed by atoms with E-state index in [0.29, 0.717) is 5.75 Å². The van der Waals surface area contributed by atoms with Gasteiger partial charge in [0.05, 0.1) is 5.69 Å². The summed E-state index contributed by atoms with van der Waals surface area (Å²) >= 11 is 2.25. The second kappa shape index (κ2) is 3.89. The third-order valence-corrected chi connectivity index (χ3v) is 3.22. The smallest absolute Gasteiger partial charge is 0.124 e. The van der Waals surface area contributed by atoms with Gasteiger partial charge in [0.1, 0.15) is 5.75 Å².